The number of hydrogen-bond donors (Lipinski definition) is 2. The second-order valence-corrected chi connectivity index (χ2v) is 5.74. The van der Waals surface area contributed by atoms with E-state index in [1.165, 1.54) is 0 Å². The van der Waals surface area contributed by atoms with Gasteiger partial charge in [-0.15, -0.1) is 6.42 Å². The molecule has 0 fully saturated rings. The van der Waals surface area contributed by atoms with Crippen LogP contribution in [0.1, 0.15) is 38.3 Å². The molecule has 0 aliphatic rings. The lowest BCUT2D eigenvalue weighted by Crippen LogP contribution is -2.47. The van der Waals surface area contributed by atoms with Crippen molar-refractivity contribution in [3.8, 4) is 12.3 Å². The normalized spacial score (nSPS) is 14.6. The number of nitrogens with two attached hydrogens (primary N) is 1. The summed E-state index contributed by atoms with van der Waals surface area (Å²) in [7, 11) is 0. The molecule has 3 heteroatoms. The first-order valence-electron chi connectivity index (χ1n) is 5.78. The van der Waals surface area contributed by atoms with Crippen LogP contribution < -0.4 is 5.73 Å². The fraction of sp³-hybridized carbons (Fsp3) is 0.400. The Hall–Kier alpha value is -1.79. The van der Waals surface area contributed by atoms with Crippen LogP contribution in [0, 0.1) is 17.8 Å². The molecule has 0 aromatic heterocycles. The third kappa shape index (κ3) is 3.12. The molecule has 0 aliphatic heterocycles. The number of aliphatic carboxylic acids is 1. The molecule has 0 aliphatic carbocycles. The summed E-state index contributed by atoms with van der Waals surface area (Å²) in [5, 5.41) is 9.41. The Morgan fingerprint density at radius 2 is 1.83 bits per heavy atom. The summed E-state index contributed by atoms with van der Waals surface area (Å²) < 4.78 is 0. The van der Waals surface area contributed by atoms with Crippen molar-refractivity contribution in [3.63, 3.8) is 0 Å². The van der Waals surface area contributed by atoms with E-state index in [2.05, 4.69) is 5.92 Å². The maximum absolute atomic E-state index is 11.5. The van der Waals surface area contributed by atoms with Crippen LogP contribution in [0.25, 0.3) is 0 Å². The van der Waals surface area contributed by atoms with E-state index in [4.69, 9.17) is 12.2 Å². The van der Waals surface area contributed by atoms with Gasteiger partial charge in [-0.05, 0) is 29.5 Å². The Kier molecular flexibility index (Phi) is 3.83. The predicted octanol–water partition coefficient (Wildman–Crippen LogP) is 2.34. The van der Waals surface area contributed by atoms with E-state index < -0.39 is 11.5 Å². The third-order valence-corrected chi connectivity index (χ3v) is 2.76. The van der Waals surface area contributed by atoms with E-state index >= 15 is 0 Å². The van der Waals surface area contributed by atoms with Crippen molar-refractivity contribution >= 4 is 5.97 Å². The van der Waals surface area contributed by atoms with Gasteiger partial charge in [0.1, 0.15) is 5.54 Å². The quantitative estimate of drug-likeness (QED) is 0.803. The summed E-state index contributed by atoms with van der Waals surface area (Å²) in [6.07, 6.45) is 5.62. The molecule has 0 amide bonds. The molecule has 3 N–H and O–H groups in total. The smallest absolute Gasteiger partial charge is 0.328 e. The number of terminal acetylenes is 1. The van der Waals surface area contributed by atoms with Crippen LogP contribution >= 0.6 is 0 Å². The van der Waals surface area contributed by atoms with Crippen molar-refractivity contribution in [1.82, 2.24) is 0 Å². The summed E-state index contributed by atoms with van der Waals surface area (Å²) in [6.45, 7) is 5.90. The molecule has 0 saturated heterocycles. The van der Waals surface area contributed by atoms with Crippen molar-refractivity contribution in [3.05, 3.63) is 35.4 Å². The topological polar surface area (TPSA) is 63.3 Å². The van der Waals surface area contributed by atoms with Gasteiger partial charge in [-0.3, -0.25) is 0 Å². The van der Waals surface area contributed by atoms with Crippen LogP contribution in [0.15, 0.2) is 24.3 Å². The van der Waals surface area contributed by atoms with Crippen LogP contribution in [0.3, 0.4) is 0 Å². The van der Waals surface area contributed by atoms with Gasteiger partial charge in [-0.2, -0.15) is 0 Å². The van der Waals surface area contributed by atoms with E-state index in [0.717, 1.165) is 0 Å². The molecule has 1 aromatic carbocycles. The highest BCUT2D eigenvalue weighted by Crippen LogP contribution is 2.33. The molecule has 0 spiro atoms. The first-order valence-corrected chi connectivity index (χ1v) is 5.78. The zero-order valence-electron chi connectivity index (χ0n) is 11.0. The largest absolute Gasteiger partial charge is 0.480 e. The maximum atomic E-state index is 11.5. The zero-order valence-corrected chi connectivity index (χ0v) is 11.0. The number of carbonyl (C=O) groups is 1. The van der Waals surface area contributed by atoms with Crippen LogP contribution in [-0.4, -0.2) is 11.1 Å². The molecule has 0 heterocycles. The van der Waals surface area contributed by atoms with Crippen LogP contribution in [0.2, 0.25) is 0 Å². The summed E-state index contributed by atoms with van der Waals surface area (Å²) in [4.78, 5) is 11.5. The maximum Gasteiger partial charge on any atom is 0.328 e. The molecule has 0 saturated carbocycles. The Morgan fingerprint density at radius 1 is 1.33 bits per heavy atom. The highest BCUT2D eigenvalue weighted by Gasteiger charge is 2.39. The monoisotopic (exact) mass is 245 g/mol. The molecule has 1 aromatic rings. The SMILES string of the molecule is C#Cc1ccc(C(N)(CC(C)(C)C)C(=O)O)cc1. The van der Waals surface area contributed by atoms with Gasteiger partial charge in [-0.1, -0.05) is 38.8 Å². The minimum Gasteiger partial charge on any atom is -0.480 e. The first kappa shape index (κ1) is 14.3. The molecule has 18 heavy (non-hydrogen) atoms. The molecule has 1 unspecified atom stereocenters. The second-order valence-electron chi connectivity index (χ2n) is 5.74. The summed E-state index contributed by atoms with van der Waals surface area (Å²) >= 11 is 0. The number of carboxylic acid groups (broad SMARTS) is 1. The highest BCUT2D eigenvalue weighted by molar-refractivity contribution is 5.80. The fourth-order valence-electron chi connectivity index (χ4n) is 2.00. The lowest BCUT2D eigenvalue weighted by atomic mass is 9.76. The van der Waals surface area contributed by atoms with E-state index in [-0.39, 0.29) is 5.41 Å². The first-order chi connectivity index (χ1) is 8.19. The van der Waals surface area contributed by atoms with Crippen molar-refractivity contribution < 1.29 is 9.90 Å². The molecular formula is C15H19NO2. The minimum absolute atomic E-state index is 0.183. The van der Waals surface area contributed by atoms with Gasteiger partial charge < -0.3 is 10.8 Å². The molecular weight excluding hydrogens is 226 g/mol. The molecule has 3 nitrogen and oxygen atoms in total. The van der Waals surface area contributed by atoms with E-state index in [9.17, 15) is 9.90 Å². The third-order valence-electron chi connectivity index (χ3n) is 2.76. The molecule has 96 valence electrons. The van der Waals surface area contributed by atoms with Gasteiger partial charge in [0.05, 0.1) is 0 Å². The Bertz CT molecular complexity index is 477. The van der Waals surface area contributed by atoms with E-state index in [0.29, 0.717) is 17.5 Å². The Balaban J connectivity index is 3.19. The predicted molar refractivity (Wildman–Crippen MR) is 72.0 cm³/mol. The van der Waals surface area contributed by atoms with E-state index in [1.807, 2.05) is 20.8 Å². The average Bonchev–Trinajstić information content (AvgIpc) is 2.26. The summed E-state index contributed by atoms with van der Waals surface area (Å²) in [6, 6.07) is 6.80. The Morgan fingerprint density at radius 3 is 2.17 bits per heavy atom. The fourth-order valence-corrected chi connectivity index (χ4v) is 2.00. The Labute approximate surface area is 108 Å². The standard InChI is InChI=1S/C15H19NO2/c1-5-11-6-8-12(9-7-11)15(16,13(17)18)10-14(2,3)4/h1,6-9H,10,16H2,2-4H3,(H,17,18). The summed E-state index contributed by atoms with van der Waals surface area (Å²) in [5.41, 5.74) is 5.81. The van der Waals surface area contributed by atoms with Crippen LogP contribution in [0.4, 0.5) is 0 Å². The van der Waals surface area contributed by atoms with Gasteiger partial charge in [0.25, 0.3) is 0 Å². The second kappa shape index (κ2) is 4.83. The zero-order chi connectivity index (χ0) is 14.0. The molecule has 0 bridgehead atoms. The highest BCUT2D eigenvalue weighted by atomic mass is 16.4. The number of hydrogen-bond acceptors (Lipinski definition) is 2. The van der Waals surface area contributed by atoms with Gasteiger partial charge in [0.2, 0.25) is 0 Å². The lowest BCUT2D eigenvalue weighted by Gasteiger charge is -2.32. The van der Waals surface area contributed by atoms with E-state index in [1.54, 1.807) is 24.3 Å². The van der Waals surface area contributed by atoms with Crippen molar-refractivity contribution in [2.24, 2.45) is 11.1 Å². The summed E-state index contributed by atoms with van der Waals surface area (Å²) in [5.74, 6) is 1.47. The minimum atomic E-state index is -1.38. The van der Waals surface area contributed by atoms with Crippen molar-refractivity contribution in [2.45, 2.75) is 32.7 Å². The van der Waals surface area contributed by atoms with Gasteiger partial charge in [-0.25, -0.2) is 4.79 Å². The molecule has 1 rings (SSSR count). The molecule has 1 atom stereocenters. The number of rotatable bonds is 3. The lowest BCUT2D eigenvalue weighted by molar-refractivity contribution is -0.145. The van der Waals surface area contributed by atoms with Crippen molar-refractivity contribution in [2.75, 3.05) is 0 Å². The molecule has 0 radical (unpaired) electrons. The van der Waals surface area contributed by atoms with Crippen molar-refractivity contribution in [1.29, 1.82) is 0 Å². The average molecular weight is 245 g/mol. The van der Waals surface area contributed by atoms with Gasteiger partial charge in [0, 0.05) is 5.56 Å². The van der Waals surface area contributed by atoms with Gasteiger partial charge >= 0.3 is 5.97 Å². The van der Waals surface area contributed by atoms with Crippen LogP contribution in [0.5, 0.6) is 0 Å². The van der Waals surface area contributed by atoms with Crippen LogP contribution in [-0.2, 0) is 10.3 Å². The number of carboxylic acids is 1. The number of benzene rings is 1. The van der Waals surface area contributed by atoms with Gasteiger partial charge in [0.15, 0.2) is 0 Å².